The van der Waals surface area contributed by atoms with E-state index in [4.69, 9.17) is 4.98 Å². The zero-order valence-corrected chi connectivity index (χ0v) is 15.0. The predicted molar refractivity (Wildman–Crippen MR) is 100 cm³/mol. The van der Waals surface area contributed by atoms with Gasteiger partial charge < -0.3 is 5.32 Å². The highest BCUT2D eigenvalue weighted by Crippen LogP contribution is 2.30. The van der Waals surface area contributed by atoms with Crippen LogP contribution >= 0.6 is 23.1 Å². The molecule has 4 nitrogen and oxygen atoms in total. The number of thioether (sulfide) groups is 1. The molecule has 124 valence electrons. The number of hydrogen-bond acceptors (Lipinski definition) is 5. The Balaban J connectivity index is 1.43. The summed E-state index contributed by atoms with van der Waals surface area (Å²) < 4.78 is 2.13. The molecule has 0 unspecified atom stereocenters. The highest BCUT2D eigenvalue weighted by atomic mass is 32.2. The van der Waals surface area contributed by atoms with Gasteiger partial charge in [-0.25, -0.2) is 9.97 Å². The summed E-state index contributed by atoms with van der Waals surface area (Å²) in [6.07, 6.45) is 6.28. The van der Waals surface area contributed by atoms with Crippen LogP contribution in [0.15, 0.2) is 53.3 Å². The Morgan fingerprint density at radius 2 is 2.04 bits per heavy atom. The zero-order valence-electron chi connectivity index (χ0n) is 13.4. The van der Waals surface area contributed by atoms with E-state index < -0.39 is 0 Å². The van der Waals surface area contributed by atoms with Crippen LogP contribution in [-0.2, 0) is 5.75 Å². The van der Waals surface area contributed by atoms with E-state index in [0.29, 0.717) is 5.92 Å². The zero-order chi connectivity index (χ0) is 16.2. The van der Waals surface area contributed by atoms with Crippen molar-refractivity contribution in [2.24, 2.45) is 0 Å². The maximum Gasteiger partial charge on any atom is 0.172 e. The molecule has 4 rings (SSSR count). The lowest BCUT2D eigenvalue weighted by molar-refractivity contribution is 0.459. The molecule has 0 radical (unpaired) electrons. The van der Waals surface area contributed by atoms with Crippen LogP contribution in [0.5, 0.6) is 0 Å². The molecule has 2 aromatic heterocycles. The largest absolute Gasteiger partial charge is 0.317 e. The normalized spacial score (nSPS) is 15.7. The van der Waals surface area contributed by atoms with Crippen LogP contribution in [0.3, 0.4) is 0 Å². The summed E-state index contributed by atoms with van der Waals surface area (Å²) in [6, 6.07) is 10.3. The third-order valence-electron chi connectivity index (χ3n) is 4.25. The summed E-state index contributed by atoms with van der Waals surface area (Å²) in [5.41, 5.74) is 2.31. The van der Waals surface area contributed by atoms with Crippen molar-refractivity contribution < 1.29 is 0 Å². The van der Waals surface area contributed by atoms with Gasteiger partial charge in [0.1, 0.15) is 0 Å². The fourth-order valence-corrected chi connectivity index (χ4v) is 4.93. The maximum atomic E-state index is 4.87. The van der Waals surface area contributed by atoms with Crippen molar-refractivity contribution in [2.75, 3.05) is 13.1 Å². The lowest BCUT2D eigenvalue weighted by Crippen LogP contribution is -2.26. The summed E-state index contributed by atoms with van der Waals surface area (Å²) in [6.45, 7) is 2.23. The van der Waals surface area contributed by atoms with E-state index in [2.05, 4.69) is 44.5 Å². The lowest BCUT2D eigenvalue weighted by Gasteiger charge is -2.20. The minimum atomic E-state index is 0.640. The van der Waals surface area contributed by atoms with Gasteiger partial charge in [0.05, 0.1) is 10.7 Å². The number of nitrogens with one attached hydrogen (secondary N) is 1. The summed E-state index contributed by atoms with van der Waals surface area (Å²) in [5, 5.41) is 7.94. The van der Waals surface area contributed by atoms with Crippen LogP contribution in [0.2, 0.25) is 0 Å². The predicted octanol–water partition coefficient (Wildman–Crippen LogP) is 4.09. The first kappa shape index (κ1) is 15.9. The van der Waals surface area contributed by atoms with Crippen molar-refractivity contribution in [1.82, 2.24) is 19.9 Å². The average molecular weight is 357 g/mol. The second-order valence-corrected chi connectivity index (χ2v) is 7.74. The molecule has 3 heterocycles. The van der Waals surface area contributed by atoms with E-state index in [9.17, 15) is 0 Å². The van der Waals surface area contributed by atoms with Gasteiger partial charge in [-0.05, 0) is 38.1 Å². The van der Waals surface area contributed by atoms with Crippen molar-refractivity contribution in [3.8, 4) is 5.69 Å². The molecular weight excluding hydrogens is 336 g/mol. The molecule has 1 fully saturated rings. The second-order valence-electron chi connectivity index (χ2n) is 5.91. The summed E-state index contributed by atoms with van der Waals surface area (Å²) in [7, 11) is 0. The Labute approximate surface area is 150 Å². The summed E-state index contributed by atoms with van der Waals surface area (Å²) >= 11 is 3.56. The van der Waals surface area contributed by atoms with Crippen molar-refractivity contribution in [1.29, 1.82) is 0 Å². The SMILES string of the molecule is c1ccc(-n2ccnc2SCc2csc(C3CCNCC3)n2)cc1. The van der Waals surface area contributed by atoms with Gasteiger partial charge in [0.2, 0.25) is 0 Å². The fraction of sp³-hybridized carbons (Fsp3) is 0.333. The molecule has 0 saturated carbocycles. The third kappa shape index (κ3) is 3.55. The number of thiazole rings is 1. The Bertz CT molecular complexity index is 775. The molecule has 0 aliphatic carbocycles. The molecule has 1 aliphatic rings. The van der Waals surface area contributed by atoms with Gasteiger partial charge in [0.15, 0.2) is 5.16 Å². The highest BCUT2D eigenvalue weighted by molar-refractivity contribution is 7.98. The van der Waals surface area contributed by atoms with Crippen LogP contribution in [0.4, 0.5) is 0 Å². The van der Waals surface area contributed by atoms with Crippen molar-refractivity contribution in [2.45, 2.75) is 29.7 Å². The summed E-state index contributed by atoms with van der Waals surface area (Å²) in [5.74, 6) is 1.51. The van der Waals surface area contributed by atoms with Gasteiger partial charge in [-0.1, -0.05) is 30.0 Å². The molecular formula is C18H20N4S2. The number of rotatable bonds is 5. The molecule has 24 heavy (non-hydrogen) atoms. The number of hydrogen-bond donors (Lipinski definition) is 1. The molecule has 3 aromatic rings. The topological polar surface area (TPSA) is 42.7 Å². The van der Waals surface area contributed by atoms with Crippen LogP contribution < -0.4 is 5.32 Å². The third-order valence-corrected chi connectivity index (χ3v) is 6.30. The average Bonchev–Trinajstić information content (AvgIpc) is 3.31. The Kier molecular flexibility index (Phi) is 4.96. The van der Waals surface area contributed by atoms with Gasteiger partial charge >= 0.3 is 0 Å². The van der Waals surface area contributed by atoms with Gasteiger partial charge in [0.25, 0.3) is 0 Å². The van der Waals surface area contributed by atoms with E-state index in [1.165, 1.54) is 23.5 Å². The molecule has 1 aliphatic heterocycles. The number of piperidine rings is 1. The van der Waals surface area contributed by atoms with E-state index in [1.54, 1.807) is 11.8 Å². The van der Waals surface area contributed by atoms with E-state index in [1.807, 2.05) is 29.8 Å². The minimum Gasteiger partial charge on any atom is -0.317 e. The minimum absolute atomic E-state index is 0.640. The number of para-hydroxylation sites is 1. The highest BCUT2D eigenvalue weighted by Gasteiger charge is 2.18. The molecule has 1 N–H and O–H groups in total. The first-order chi connectivity index (χ1) is 11.9. The van der Waals surface area contributed by atoms with Crippen molar-refractivity contribution in [3.05, 3.63) is 58.8 Å². The quantitative estimate of drug-likeness (QED) is 0.699. The molecule has 6 heteroatoms. The van der Waals surface area contributed by atoms with Gasteiger partial charge in [-0.2, -0.15) is 0 Å². The molecule has 0 atom stereocenters. The number of imidazole rings is 1. The lowest BCUT2D eigenvalue weighted by atomic mass is 9.99. The van der Waals surface area contributed by atoms with Crippen LogP contribution in [-0.4, -0.2) is 27.6 Å². The Hall–Kier alpha value is -1.63. The first-order valence-electron chi connectivity index (χ1n) is 8.27. The van der Waals surface area contributed by atoms with E-state index >= 15 is 0 Å². The molecule has 0 spiro atoms. The smallest absolute Gasteiger partial charge is 0.172 e. The maximum absolute atomic E-state index is 4.87. The van der Waals surface area contributed by atoms with Crippen molar-refractivity contribution >= 4 is 23.1 Å². The standard InChI is InChI=1S/C18H20N4S2/c1-2-4-16(5-3-1)22-11-10-20-18(22)24-13-15-12-23-17(21-15)14-6-8-19-9-7-14/h1-5,10-12,14,19H,6-9,13H2. The number of aromatic nitrogens is 3. The van der Waals surface area contributed by atoms with Gasteiger partial charge in [0, 0.05) is 35.1 Å². The van der Waals surface area contributed by atoms with Gasteiger partial charge in [-0.15, -0.1) is 11.3 Å². The fourth-order valence-electron chi connectivity index (χ4n) is 2.97. The number of nitrogens with zero attached hydrogens (tertiary/aromatic N) is 3. The molecule has 0 amide bonds. The molecule has 1 saturated heterocycles. The van der Waals surface area contributed by atoms with Gasteiger partial charge in [-0.3, -0.25) is 4.57 Å². The number of benzene rings is 1. The van der Waals surface area contributed by atoms with E-state index in [-0.39, 0.29) is 0 Å². The Morgan fingerprint density at radius 3 is 2.88 bits per heavy atom. The monoisotopic (exact) mass is 356 g/mol. The second kappa shape index (κ2) is 7.51. The van der Waals surface area contributed by atoms with Crippen LogP contribution in [0.25, 0.3) is 5.69 Å². The van der Waals surface area contributed by atoms with E-state index in [0.717, 1.165) is 29.7 Å². The summed E-state index contributed by atoms with van der Waals surface area (Å²) in [4.78, 5) is 9.37. The molecule has 1 aromatic carbocycles. The Morgan fingerprint density at radius 1 is 1.21 bits per heavy atom. The first-order valence-corrected chi connectivity index (χ1v) is 10.1. The van der Waals surface area contributed by atoms with Crippen molar-refractivity contribution in [3.63, 3.8) is 0 Å². The molecule has 0 bridgehead atoms. The van der Waals surface area contributed by atoms with Crippen LogP contribution in [0.1, 0.15) is 29.5 Å². The van der Waals surface area contributed by atoms with Crippen LogP contribution in [0, 0.1) is 0 Å².